The van der Waals surface area contributed by atoms with Crippen LogP contribution in [0, 0.1) is 12.7 Å². The SMILES string of the molecule is COC[C@]1(C)COCCN1C[C@H]1CN[C@H](C)CN1CC(=O)N1CC(C)(C)c2cnc(Cc3ccc(F)cc3C)cc21. The topological polar surface area (TPSA) is 70.2 Å². The van der Waals surface area contributed by atoms with E-state index in [0.717, 1.165) is 54.3 Å². The second-order valence-electron chi connectivity index (χ2n) is 13.1. The van der Waals surface area contributed by atoms with Crippen molar-refractivity contribution in [3.63, 3.8) is 0 Å². The van der Waals surface area contributed by atoms with Gasteiger partial charge in [-0.05, 0) is 50.1 Å². The van der Waals surface area contributed by atoms with Gasteiger partial charge in [0.15, 0.2) is 0 Å². The highest BCUT2D eigenvalue weighted by Gasteiger charge is 2.41. The number of fused-ring (bicyclic) bond motifs is 1. The number of hydrogen-bond donors (Lipinski definition) is 1. The van der Waals surface area contributed by atoms with Crippen molar-refractivity contribution in [2.75, 3.05) is 71.1 Å². The molecule has 1 amide bonds. The first-order valence-electron chi connectivity index (χ1n) is 14.8. The third-order valence-electron chi connectivity index (χ3n) is 9.12. The molecule has 2 aromatic rings. The highest BCUT2D eigenvalue weighted by atomic mass is 19.1. The Morgan fingerprint density at radius 2 is 2.07 bits per heavy atom. The van der Waals surface area contributed by atoms with Crippen LogP contribution in [0.2, 0.25) is 0 Å². The van der Waals surface area contributed by atoms with E-state index < -0.39 is 0 Å². The number of carbonyl (C=O) groups is 1. The van der Waals surface area contributed by atoms with Crippen LogP contribution in [-0.2, 0) is 26.1 Å². The summed E-state index contributed by atoms with van der Waals surface area (Å²) in [5.74, 6) is -0.114. The number of carbonyl (C=O) groups excluding carboxylic acids is 1. The Labute approximate surface area is 244 Å². The molecule has 2 fully saturated rings. The number of pyridine rings is 1. The number of nitrogens with one attached hydrogen (secondary N) is 1. The van der Waals surface area contributed by atoms with Gasteiger partial charge in [-0.25, -0.2) is 4.39 Å². The van der Waals surface area contributed by atoms with Gasteiger partial charge in [-0.15, -0.1) is 0 Å². The molecule has 0 saturated carbocycles. The Morgan fingerprint density at radius 3 is 2.83 bits per heavy atom. The van der Waals surface area contributed by atoms with E-state index in [4.69, 9.17) is 14.5 Å². The van der Waals surface area contributed by atoms with Gasteiger partial charge in [-0.1, -0.05) is 19.9 Å². The summed E-state index contributed by atoms with van der Waals surface area (Å²) in [6, 6.07) is 7.45. The highest BCUT2D eigenvalue weighted by Crippen LogP contribution is 2.40. The smallest absolute Gasteiger partial charge is 0.241 e. The lowest BCUT2D eigenvalue weighted by atomic mass is 9.88. The monoisotopic (exact) mass is 567 g/mol. The van der Waals surface area contributed by atoms with Crippen LogP contribution >= 0.6 is 0 Å². The normalized spacial score (nSPS) is 26.8. The van der Waals surface area contributed by atoms with Crippen LogP contribution in [0.1, 0.15) is 50.1 Å². The lowest BCUT2D eigenvalue weighted by molar-refractivity contribution is -0.122. The average molecular weight is 568 g/mol. The van der Waals surface area contributed by atoms with E-state index in [1.165, 1.54) is 6.07 Å². The van der Waals surface area contributed by atoms with Crippen molar-refractivity contribution in [3.8, 4) is 0 Å². The van der Waals surface area contributed by atoms with Gasteiger partial charge in [0.2, 0.25) is 5.91 Å². The molecule has 3 atom stereocenters. The minimum absolute atomic E-state index is 0.118. The molecule has 5 rings (SSSR count). The summed E-state index contributed by atoms with van der Waals surface area (Å²) < 4.78 is 25.0. The maximum absolute atomic E-state index is 14.0. The van der Waals surface area contributed by atoms with Crippen LogP contribution in [-0.4, -0.2) is 105 Å². The van der Waals surface area contributed by atoms with Crippen molar-refractivity contribution in [2.24, 2.45) is 0 Å². The molecule has 4 heterocycles. The van der Waals surface area contributed by atoms with Crippen LogP contribution in [0.4, 0.5) is 10.1 Å². The quantitative estimate of drug-likeness (QED) is 0.526. The molecule has 1 aromatic heterocycles. The number of benzene rings is 1. The first kappa shape index (κ1) is 30.0. The standard InChI is InChI=1S/C32H46FN5O3/c1-22-11-25(33)8-7-24(22)12-26-13-29-28(15-35-26)31(3,4)19-38(29)30(39)18-36-16-23(2)34-14-27(36)17-37-9-10-41-21-32(37,5)20-40-6/h7-8,11,13,15,23,27,34H,9-10,12,14,16-21H2,1-6H3/t23-,27-,32-/m1/s1. The summed E-state index contributed by atoms with van der Waals surface area (Å²) in [6.45, 7) is 17.0. The lowest BCUT2D eigenvalue weighted by Gasteiger charge is -2.48. The number of methoxy groups -OCH3 is 1. The number of rotatable bonds is 8. The van der Waals surface area contributed by atoms with Crippen molar-refractivity contribution in [2.45, 2.75) is 64.1 Å². The van der Waals surface area contributed by atoms with E-state index in [1.807, 2.05) is 24.1 Å². The number of morpholine rings is 1. The molecule has 0 spiro atoms. The zero-order valence-electron chi connectivity index (χ0n) is 25.5. The zero-order chi connectivity index (χ0) is 29.4. The molecule has 3 aliphatic heterocycles. The van der Waals surface area contributed by atoms with E-state index in [0.29, 0.717) is 45.4 Å². The van der Waals surface area contributed by atoms with E-state index >= 15 is 0 Å². The van der Waals surface area contributed by atoms with Crippen LogP contribution < -0.4 is 10.2 Å². The largest absolute Gasteiger partial charge is 0.383 e. The van der Waals surface area contributed by atoms with Crippen molar-refractivity contribution in [3.05, 3.63) is 58.7 Å². The molecule has 9 heteroatoms. The number of piperazine rings is 1. The third-order valence-corrected chi connectivity index (χ3v) is 9.12. The molecule has 0 unspecified atom stereocenters. The summed E-state index contributed by atoms with van der Waals surface area (Å²) in [6.07, 6.45) is 2.53. The second-order valence-corrected chi connectivity index (χ2v) is 13.1. The number of ether oxygens (including phenoxy) is 2. The molecule has 1 aromatic carbocycles. The summed E-state index contributed by atoms with van der Waals surface area (Å²) in [5.41, 5.74) is 4.50. The summed E-state index contributed by atoms with van der Waals surface area (Å²) in [7, 11) is 1.74. The number of hydrogen-bond acceptors (Lipinski definition) is 7. The fourth-order valence-corrected chi connectivity index (χ4v) is 6.67. The first-order valence-corrected chi connectivity index (χ1v) is 14.8. The number of aromatic nitrogens is 1. The molecule has 8 nitrogen and oxygen atoms in total. The van der Waals surface area contributed by atoms with Crippen molar-refractivity contribution in [1.82, 2.24) is 20.1 Å². The predicted octanol–water partition coefficient (Wildman–Crippen LogP) is 3.14. The number of halogens is 1. The van der Waals surface area contributed by atoms with E-state index in [1.54, 1.807) is 13.2 Å². The molecule has 1 N–H and O–H groups in total. The lowest BCUT2D eigenvalue weighted by Crippen LogP contribution is -2.65. The Balaban J connectivity index is 1.34. The Kier molecular flexibility index (Phi) is 8.83. The van der Waals surface area contributed by atoms with Gasteiger partial charge in [0.25, 0.3) is 0 Å². The minimum atomic E-state index is -0.232. The number of amides is 1. The molecule has 0 aliphatic carbocycles. The van der Waals surface area contributed by atoms with Gasteiger partial charge < -0.3 is 19.7 Å². The van der Waals surface area contributed by atoms with Crippen LogP contribution in [0.15, 0.2) is 30.5 Å². The molecule has 0 radical (unpaired) electrons. The van der Waals surface area contributed by atoms with E-state index in [9.17, 15) is 9.18 Å². The Morgan fingerprint density at radius 1 is 1.27 bits per heavy atom. The minimum Gasteiger partial charge on any atom is -0.383 e. The maximum Gasteiger partial charge on any atom is 0.241 e. The van der Waals surface area contributed by atoms with Crippen LogP contribution in [0.5, 0.6) is 0 Å². The molecular formula is C32H46FN5O3. The average Bonchev–Trinajstić information content (AvgIpc) is 3.18. The fraction of sp³-hybridized carbons (Fsp3) is 0.625. The molecular weight excluding hydrogens is 521 g/mol. The zero-order valence-corrected chi connectivity index (χ0v) is 25.5. The summed E-state index contributed by atoms with van der Waals surface area (Å²) in [5, 5.41) is 3.63. The molecule has 2 saturated heterocycles. The molecule has 3 aliphatic rings. The van der Waals surface area contributed by atoms with Gasteiger partial charge in [0, 0.05) is 81.2 Å². The fourth-order valence-electron chi connectivity index (χ4n) is 6.67. The van der Waals surface area contributed by atoms with Gasteiger partial charge in [0.1, 0.15) is 5.82 Å². The van der Waals surface area contributed by atoms with Gasteiger partial charge in [-0.2, -0.15) is 0 Å². The molecule has 0 bridgehead atoms. The van der Waals surface area contributed by atoms with E-state index in [-0.39, 0.29) is 28.7 Å². The molecule has 41 heavy (non-hydrogen) atoms. The Bertz CT molecular complexity index is 1250. The predicted molar refractivity (Wildman–Crippen MR) is 159 cm³/mol. The van der Waals surface area contributed by atoms with Gasteiger partial charge >= 0.3 is 0 Å². The number of aryl methyl sites for hydroxylation is 1. The Hall–Kier alpha value is -2.43. The summed E-state index contributed by atoms with van der Waals surface area (Å²) in [4.78, 5) is 25.6. The third kappa shape index (κ3) is 6.49. The second kappa shape index (κ2) is 12.1. The van der Waals surface area contributed by atoms with Crippen molar-refractivity contribution >= 4 is 11.6 Å². The number of anilines is 1. The first-order chi connectivity index (χ1) is 19.5. The highest BCUT2D eigenvalue weighted by molar-refractivity contribution is 5.97. The maximum atomic E-state index is 14.0. The van der Waals surface area contributed by atoms with Gasteiger partial charge in [0.05, 0.1) is 37.6 Å². The van der Waals surface area contributed by atoms with Crippen LogP contribution in [0.3, 0.4) is 0 Å². The molecule has 224 valence electrons. The van der Waals surface area contributed by atoms with E-state index in [2.05, 4.69) is 48.9 Å². The summed E-state index contributed by atoms with van der Waals surface area (Å²) >= 11 is 0. The van der Waals surface area contributed by atoms with Crippen molar-refractivity contribution in [1.29, 1.82) is 0 Å². The van der Waals surface area contributed by atoms with Gasteiger partial charge in [-0.3, -0.25) is 19.6 Å². The number of nitrogens with zero attached hydrogens (tertiary/aromatic N) is 4. The van der Waals surface area contributed by atoms with Crippen LogP contribution in [0.25, 0.3) is 0 Å². The van der Waals surface area contributed by atoms with Crippen molar-refractivity contribution < 1.29 is 18.7 Å².